The number of aryl methyl sites for hydroxylation is 1. The first-order chi connectivity index (χ1) is 12.4. The molecule has 0 aliphatic rings. The molecule has 0 aliphatic carbocycles. The summed E-state index contributed by atoms with van der Waals surface area (Å²) in [5, 5.41) is 10.2. The second-order valence-electron chi connectivity index (χ2n) is 5.93. The molecule has 3 rings (SSSR count). The van der Waals surface area contributed by atoms with Crippen LogP contribution >= 0.6 is 0 Å². The Balaban J connectivity index is 2.15. The van der Waals surface area contributed by atoms with Crippen LogP contribution in [0.5, 0.6) is 0 Å². The molecule has 2 aromatic carbocycles. The van der Waals surface area contributed by atoms with Crippen LogP contribution in [0.25, 0.3) is 22.2 Å². The van der Waals surface area contributed by atoms with Gasteiger partial charge in [0.25, 0.3) is 0 Å². The van der Waals surface area contributed by atoms with Gasteiger partial charge in [-0.2, -0.15) is 5.26 Å². The van der Waals surface area contributed by atoms with Gasteiger partial charge in [-0.1, -0.05) is 31.2 Å². The van der Waals surface area contributed by atoms with Crippen molar-refractivity contribution in [3.63, 3.8) is 0 Å². The van der Waals surface area contributed by atoms with Gasteiger partial charge in [0.15, 0.2) is 9.84 Å². The molecule has 3 aromatic rings. The molecule has 0 unspecified atom stereocenters. The standard InChI is InChI=1S/C20H18FN2O2S/c1-3-23-19-10-9-16(21)11-17(19)18(12-22)20(23)15-7-5-14(6-8-15)13-26(24,25)4-2/h5-11,13H,3-4H2,1-2H3. The molecule has 4 nitrogen and oxygen atoms in total. The summed E-state index contributed by atoms with van der Waals surface area (Å²) in [5.41, 5.74) is 3.29. The van der Waals surface area contributed by atoms with Gasteiger partial charge < -0.3 is 4.57 Å². The highest BCUT2D eigenvalue weighted by Crippen LogP contribution is 2.34. The normalized spacial score (nSPS) is 11.6. The first-order valence-corrected chi connectivity index (χ1v) is 10.0. The number of hydrogen-bond acceptors (Lipinski definition) is 3. The lowest BCUT2D eigenvalue weighted by molar-refractivity contribution is 0.603. The number of rotatable bonds is 5. The van der Waals surface area contributed by atoms with Crippen LogP contribution in [0.15, 0.2) is 42.5 Å². The summed E-state index contributed by atoms with van der Waals surface area (Å²) in [6, 6.07) is 13.6. The van der Waals surface area contributed by atoms with E-state index in [-0.39, 0.29) is 11.6 Å². The second-order valence-corrected chi connectivity index (χ2v) is 8.07. The van der Waals surface area contributed by atoms with Crippen molar-refractivity contribution in [1.82, 2.24) is 4.57 Å². The molecule has 0 bridgehead atoms. The van der Waals surface area contributed by atoms with E-state index in [1.807, 2.05) is 11.5 Å². The zero-order chi connectivity index (χ0) is 18.9. The molecule has 0 atom stereocenters. The molecule has 0 N–H and O–H groups in total. The molecular weight excluding hydrogens is 351 g/mol. The highest BCUT2D eigenvalue weighted by molar-refractivity contribution is 7.93. The fraction of sp³-hybridized carbons (Fsp3) is 0.200. The molecule has 1 radical (unpaired) electrons. The third-order valence-electron chi connectivity index (χ3n) is 4.36. The molecule has 1 aromatic heterocycles. The van der Waals surface area contributed by atoms with Crippen molar-refractivity contribution >= 4 is 20.7 Å². The zero-order valence-corrected chi connectivity index (χ0v) is 15.3. The number of benzene rings is 2. The van der Waals surface area contributed by atoms with Crippen molar-refractivity contribution in [3.8, 4) is 17.3 Å². The molecule has 0 saturated carbocycles. The molecule has 0 aliphatic heterocycles. The van der Waals surface area contributed by atoms with Gasteiger partial charge in [-0.25, -0.2) is 12.8 Å². The van der Waals surface area contributed by atoms with Gasteiger partial charge in [0, 0.05) is 17.7 Å². The first-order valence-electron chi connectivity index (χ1n) is 8.30. The SMILES string of the molecule is CCn1c(-c2ccc([CH]S(=O)(=O)CC)cc2)c(C#N)c2cc(F)ccc21. The van der Waals surface area contributed by atoms with Crippen LogP contribution < -0.4 is 0 Å². The van der Waals surface area contributed by atoms with Crippen LogP contribution in [-0.2, 0) is 16.4 Å². The maximum absolute atomic E-state index is 13.7. The average Bonchev–Trinajstić information content (AvgIpc) is 2.94. The van der Waals surface area contributed by atoms with Gasteiger partial charge in [0.05, 0.1) is 16.8 Å². The lowest BCUT2D eigenvalue weighted by Crippen LogP contribution is -2.04. The molecule has 133 valence electrons. The Morgan fingerprint density at radius 1 is 1.15 bits per heavy atom. The Bertz CT molecular complexity index is 1110. The van der Waals surface area contributed by atoms with Crippen LogP contribution in [0.3, 0.4) is 0 Å². The molecule has 1 heterocycles. The Morgan fingerprint density at radius 3 is 2.42 bits per heavy atom. The number of nitrogens with zero attached hydrogens (tertiary/aromatic N) is 2. The van der Waals surface area contributed by atoms with Crippen LogP contribution in [0, 0.1) is 22.9 Å². The van der Waals surface area contributed by atoms with Crippen LogP contribution in [0.1, 0.15) is 25.0 Å². The van der Waals surface area contributed by atoms with Crippen LogP contribution in [0.4, 0.5) is 4.39 Å². The Kier molecular flexibility index (Phi) is 4.84. The van der Waals surface area contributed by atoms with Crippen LogP contribution in [0.2, 0.25) is 0 Å². The summed E-state index contributed by atoms with van der Waals surface area (Å²) in [6.07, 6.45) is 0. The van der Waals surface area contributed by atoms with Crippen LogP contribution in [-0.4, -0.2) is 18.7 Å². The quantitative estimate of drug-likeness (QED) is 0.674. The van der Waals surface area contributed by atoms with Gasteiger partial charge >= 0.3 is 0 Å². The van der Waals surface area contributed by atoms with Gasteiger partial charge in [-0.15, -0.1) is 0 Å². The maximum atomic E-state index is 13.7. The van der Waals surface area contributed by atoms with Crippen molar-refractivity contribution < 1.29 is 12.8 Å². The van der Waals surface area contributed by atoms with E-state index in [0.717, 1.165) is 11.1 Å². The van der Waals surface area contributed by atoms with E-state index in [1.165, 1.54) is 17.9 Å². The largest absolute Gasteiger partial charge is 0.340 e. The highest BCUT2D eigenvalue weighted by Gasteiger charge is 2.19. The number of aromatic nitrogens is 1. The van der Waals surface area contributed by atoms with Crippen molar-refractivity contribution in [2.24, 2.45) is 0 Å². The molecule has 0 fully saturated rings. The minimum Gasteiger partial charge on any atom is -0.340 e. The summed E-state index contributed by atoms with van der Waals surface area (Å²) in [6.45, 7) is 4.18. The molecule has 0 amide bonds. The van der Waals surface area contributed by atoms with Crippen molar-refractivity contribution in [2.75, 3.05) is 5.75 Å². The lowest BCUT2D eigenvalue weighted by Gasteiger charge is -2.09. The van der Waals surface area contributed by atoms with E-state index in [1.54, 1.807) is 37.3 Å². The number of nitriles is 1. The zero-order valence-electron chi connectivity index (χ0n) is 14.5. The predicted molar refractivity (Wildman–Crippen MR) is 101 cm³/mol. The number of fused-ring (bicyclic) bond motifs is 1. The summed E-state index contributed by atoms with van der Waals surface area (Å²) in [5.74, 6) is 0.902. The van der Waals surface area contributed by atoms with E-state index in [0.29, 0.717) is 28.8 Å². The number of hydrogen-bond donors (Lipinski definition) is 0. The minimum atomic E-state index is -3.23. The van der Waals surface area contributed by atoms with E-state index < -0.39 is 9.84 Å². The summed E-state index contributed by atoms with van der Waals surface area (Å²) < 4.78 is 39.1. The number of halogens is 1. The van der Waals surface area contributed by atoms with Crippen molar-refractivity contribution in [1.29, 1.82) is 5.26 Å². The molecule has 26 heavy (non-hydrogen) atoms. The van der Waals surface area contributed by atoms with E-state index in [4.69, 9.17) is 0 Å². The van der Waals surface area contributed by atoms with E-state index in [2.05, 4.69) is 6.07 Å². The monoisotopic (exact) mass is 369 g/mol. The fourth-order valence-corrected chi connectivity index (χ4v) is 3.82. The minimum absolute atomic E-state index is 0.0446. The van der Waals surface area contributed by atoms with Gasteiger partial charge in [-0.05, 0) is 36.2 Å². The summed E-state index contributed by atoms with van der Waals surface area (Å²) in [4.78, 5) is 0. The Hall–Kier alpha value is -2.65. The third-order valence-corrected chi connectivity index (χ3v) is 5.79. The van der Waals surface area contributed by atoms with Crippen molar-refractivity contribution in [3.05, 3.63) is 65.2 Å². The van der Waals surface area contributed by atoms with E-state index >= 15 is 0 Å². The van der Waals surface area contributed by atoms with Crippen molar-refractivity contribution in [2.45, 2.75) is 20.4 Å². The Labute approximate surface area is 152 Å². The first kappa shape index (κ1) is 18.2. The van der Waals surface area contributed by atoms with Gasteiger partial charge in [0.1, 0.15) is 17.6 Å². The maximum Gasteiger partial charge on any atom is 0.158 e. The summed E-state index contributed by atoms with van der Waals surface area (Å²) in [7, 11) is -3.23. The highest BCUT2D eigenvalue weighted by atomic mass is 32.2. The smallest absolute Gasteiger partial charge is 0.158 e. The fourth-order valence-electron chi connectivity index (χ4n) is 3.08. The predicted octanol–water partition coefficient (Wildman–Crippen LogP) is 4.28. The second kappa shape index (κ2) is 6.93. The third kappa shape index (κ3) is 3.23. The van der Waals surface area contributed by atoms with E-state index in [9.17, 15) is 18.1 Å². The molecule has 6 heteroatoms. The summed E-state index contributed by atoms with van der Waals surface area (Å²) >= 11 is 0. The molecular formula is C20H18FN2O2S. The van der Waals surface area contributed by atoms with Gasteiger partial charge in [0.2, 0.25) is 0 Å². The average molecular weight is 369 g/mol. The molecule has 0 spiro atoms. The van der Waals surface area contributed by atoms with Gasteiger partial charge in [-0.3, -0.25) is 0 Å². The number of sulfone groups is 1. The topological polar surface area (TPSA) is 62.9 Å². The Morgan fingerprint density at radius 2 is 1.85 bits per heavy atom. The lowest BCUT2D eigenvalue weighted by atomic mass is 10.0. The molecule has 0 saturated heterocycles.